The van der Waals surface area contributed by atoms with Crippen LogP contribution in [0.1, 0.15) is 43.6 Å². The molecule has 2 saturated carbocycles. The van der Waals surface area contributed by atoms with Crippen molar-refractivity contribution in [1.29, 1.82) is 0 Å². The van der Waals surface area contributed by atoms with E-state index in [4.69, 9.17) is 0 Å². The van der Waals surface area contributed by atoms with Crippen molar-refractivity contribution >= 4 is 5.71 Å². The smallest absolute Gasteiger partial charge is 0.0775 e. The van der Waals surface area contributed by atoms with Gasteiger partial charge in [0.05, 0.1) is 11.8 Å². The fraction of sp³-hybridized carbons (Fsp3) is 0.611. The Morgan fingerprint density at radius 1 is 0.952 bits per heavy atom. The Morgan fingerprint density at radius 3 is 2.43 bits per heavy atom. The van der Waals surface area contributed by atoms with Crippen molar-refractivity contribution in [2.24, 2.45) is 17.0 Å². The molecule has 2 bridgehead atoms. The van der Waals surface area contributed by atoms with E-state index in [1.165, 1.54) is 37.7 Å². The summed E-state index contributed by atoms with van der Waals surface area (Å²) < 4.78 is 0. The molecule has 1 heterocycles. The summed E-state index contributed by atoms with van der Waals surface area (Å²) in [5.41, 5.74) is 2.57. The largest absolute Gasteiger partial charge is 0.411 e. The molecule has 3 heteroatoms. The Kier molecular flexibility index (Phi) is 3.46. The van der Waals surface area contributed by atoms with Gasteiger partial charge in [-0.05, 0) is 62.6 Å². The van der Waals surface area contributed by atoms with Crippen LogP contribution in [0.5, 0.6) is 0 Å². The van der Waals surface area contributed by atoms with Crippen LogP contribution >= 0.6 is 0 Å². The third-order valence-electron chi connectivity index (χ3n) is 5.95. The van der Waals surface area contributed by atoms with E-state index in [1.54, 1.807) is 0 Å². The molecule has 1 N–H and O–H groups in total. The zero-order valence-corrected chi connectivity index (χ0v) is 12.5. The maximum absolute atomic E-state index is 9.38. The van der Waals surface area contributed by atoms with Crippen molar-refractivity contribution in [2.75, 3.05) is 13.1 Å². The van der Waals surface area contributed by atoms with Gasteiger partial charge in [-0.25, -0.2) is 0 Å². The number of nitrogens with zero attached hydrogens (tertiary/aromatic N) is 2. The first-order valence-corrected chi connectivity index (χ1v) is 8.37. The predicted molar refractivity (Wildman–Crippen MR) is 83.8 cm³/mol. The normalized spacial score (nSPS) is 35.6. The van der Waals surface area contributed by atoms with E-state index >= 15 is 0 Å². The van der Waals surface area contributed by atoms with E-state index in [2.05, 4.69) is 40.4 Å². The van der Waals surface area contributed by atoms with Gasteiger partial charge in [0.2, 0.25) is 0 Å². The lowest BCUT2D eigenvalue weighted by atomic mass is 9.86. The minimum Gasteiger partial charge on any atom is -0.411 e. The summed E-state index contributed by atoms with van der Waals surface area (Å²) in [7, 11) is 0. The number of oxime groups is 1. The minimum absolute atomic E-state index is 0.436. The number of piperidine rings is 1. The summed E-state index contributed by atoms with van der Waals surface area (Å²) in [5, 5.41) is 13.1. The molecule has 0 radical (unpaired) electrons. The number of hydrogen-bond acceptors (Lipinski definition) is 3. The molecule has 2 aliphatic carbocycles. The van der Waals surface area contributed by atoms with Gasteiger partial charge in [0.15, 0.2) is 0 Å². The van der Waals surface area contributed by atoms with Gasteiger partial charge < -0.3 is 5.21 Å². The van der Waals surface area contributed by atoms with Crippen molar-refractivity contribution in [2.45, 2.75) is 44.1 Å². The lowest BCUT2D eigenvalue weighted by Gasteiger charge is -2.39. The molecule has 0 unspecified atom stereocenters. The number of fused-ring (bicyclic) bond motifs is 2. The molecule has 1 aliphatic heterocycles. The van der Waals surface area contributed by atoms with Crippen LogP contribution in [-0.4, -0.2) is 35.0 Å². The average molecular weight is 284 g/mol. The first kappa shape index (κ1) is 13.3. The highest BCUT2D eigenvalue weighted by atomic mass is 16.4. The molecule has 0 spiro atoms. The van der Waals surface area contributed by atoms with E-state index in [-0.39, 0.29) is 0 Å². The molecule has 112 valence electrons. The maximum Gasteiger partial charge on any atom is 0.0775 e. The fourth-order valence-corrected chi connectivity index (χ4v) is 4.92. The first-order chi connectivity index (χ1) is 10.4. The highest BCUT2D eigenvalue weighted by molar-refractivity contribution is 5.94. The van der Waals surface area contributed by atoms with Crippen LogP contribution < -0.4 is 0 Å². The molecule has 3 nitrogen and oxygen atoms in total. The molecule has 4 rings (SSSR count). The number of likely N-dealkylation sites (tertiary alicyclic amines) is 1. The number of benzene rings is 1. The van der Waals surface area contributed by atoms with Gasteiger partial charge in [-0.1, -0.05) is 35.5 Å². The van der Waals surface area contributed by atoms with Crippen LogP contribution in [-0.2, 0) is 0 Å². The SMILES string of the molecule is O/N=C1/[C@H]2CC[C@H](C2)[C@@H]1N1CCC(c2ccccc2)CC1. The summed E-state index contributed by atoms with van der Waals surface area (Å²) in [6.07, 6.45) is 6.28. The van der Waals surface area contributed by atoms with Gasteiger partial charge in [-0.2, -0.15) is 0 Å². The highest BCUT2D eigenvalue weighted by Gasteiger charge is 2.48. The summed E-state index contributed by atoms with van der Waals surface area (Å²) >= 11 is 0. The van der Waals surface area contributed by atoms with E-state index in [0.717, 1.165) is 24.7 Å². The van der Waals surface area contributed by atoms with Gasteiger partial charge in [0.1, 0.15) is 0 Å². The van der Waals surface area contributed by atoms with Crippen LogP contribution in [0.15, 0.2) is 35.5 Å². The fourth-order valence-electron chi connectivity index (χ4n) is 4.92. The molecule has 1 aromatic carbocycles. The van der Waals surface area contributed by atoms with Crippen LogP contribution in [0.4, 0.5) is 0 Å². The van der Waals surface area contributed by atoms with Crippen molar-refractivity contribution in [3.8, 4) is 0 Å². The molecule has 3 aliphatic rings. The Labute approximate surface area is 126 Å². The second-order valence-corrected chi connectivity index (χ2v) is 6.96. The van der Waals surface area contributed by atoms with E-state index < -0.39 is 0 Å². The summed E-state index contributed by atoms with van der Waals surface area (Å²) in [6, 6.07) is 11.3. The molecular weight excluding hydrogens is 260 g/mol. The molecule has 3 atom stereocenters. The second-order valence-electron chi connectivity index (χ2n) is 6.96. The van der Waals surface area contributed by atoms with Gasteiger partial charge in [0.25, 0.3) is 0 Å². The third kappa shape index (κ3) is 2.28. The highest BCUT2D eigenvalue weighted by Crippen LogP contribution is 2.46. The monoisotopic (exact) mass is 284 g/mol. The number of hydrogen-bond donors (Lipinski definition) is 1. The van der Waals surface area contributed by atoms with Crippen molar-refractivity contribution in [3.63, 3.8) is 0 Å². The molecule has 21 heavy (non-hydrogen) atoms. The zero-order chi connectivity index (χ0) is 14.2. The summed E-state index contributed by atoms with van der Waals surface area (Å²) in [5.74, 6) is 2.02. The zero-order valence-electron chi connectivity index (χ0n) is 12.5. The average Bonchev–Trinajstić information content (AvgIpc) is 3.16. The molecule has 1 aromatic rings. The van der Waals surface area contributed by atoms with Gasteiger partial charge in [0, 0.05) is 5.92 Å². The molecule has 1 saturated heterocycles. The summed E-state index contributed by atoms with van der Waals surface area (Å²) in [4.78, 5) is 2.60. The van der Waals surface area contributed by atoms with Crippen molar-refractivity contribution in [3.05, 3.63) is 35.9 Å². The van der Waals surface area contributed by atoms with Crippen LogP contribution in [0.2, 0.25) is 0 Å². The summed E-state index contributed by atoms with van der Waals surface area (Å²) in [6.45, 7) is 2.29. The third-order valence-corrected chi connectivity index (χ3v) is 5.95. The Morgan fingerprint density at radius 2 is 1.71 bits per heavy atom. The van der Waals surface area contributed by atoms with Gasteiger partial charge in [-0.3, -0.25) is 4.90 Å². The van der Waals surface area contributed by atoms with E-state index in [9.17, 15) is 5.21 Å². The molecular formula is C18H24N2O. The van der Waals surface area contributed by atoms with Crippen LogP contribution in [0.25, 0.3) is 0 Å². The van der Waals surface area contributed by atoms with Crippen LogP contribution in [0.3, 0.4) is 0 Å². The molecule has 3 fully saturated rings. The predicted octanol–water partition coefficient (Wildman–Crippen LogP) is 3.49. The van der Waals surface area contributed by atoms with Gasteiger partial charge >= 0.3 is 0 Å². The van der Waals surface area contributed by atoms with Crippen LogP contribution in [0, 0.1) is 11.8 Å². The van der Waals surface area contributed by atoms with Crippen molar-refractivity contribution in [1.82, 2.24) is 4.90 Å². The second kappa shape index (κ2) is 5.45. The standard InChI is InChI=1S/C18H24N2O/c21-19-17-15-6-7-16(12-15)18(17)20-10-8-14(9-11-20)13-4-2-1-3-5-13/h1-5,14-16,18,21H,6-12H2/b19-17-/t15-,16+,18-/m0/s1. The van der Waals surface area contributed by atoms with E-state index in [0.29, 0.717) is 17.9 Å². The Balaban J connectivity index is 1.44. The van der Waals surface area contributed by atoms with Crippen molar-refractivity contribution < 1.29 is 5.21 Å². The van der Waals surface area contributed by atoms with E-state index in [1.807, 2.05) is 0 Å². The molecule has 0 amide bonds. The quantitative estimate of drug-likeness (QED) is 0.666. The first-order valence-electron chi connectivity index (χ1n) is 8.37. The number of rotatable bonds is 2. The topological polar surface area (TPSA) is 35.8 Å². The Bertz CT molecular complexity index is 519. The minimum atomic E-state index is 0.436. The molecule has 0 aromatic heterocycles. The Hall–Kier alpha value is -1.35. The van der Waals surface area contributed by atoms with Gasteiger partial charge in [-0.15, -0.1) is 0 Å². The lowest BCUT2D eigenvalue weighted by molar-refractivity contribution is 0.151. The maximum atomic E-state index is 9.38. The lowest BCUT2D eigenvalue weighted by Crippen LogP contribution is -2.48.